The monoisotopic (exact) mass is 310 g/mol. The lowest BCUT2D eigenvalue weighted by Gasteiger charge is -2.02. The predicted molar refractivity (Wildman–Crippen MR) is 80.5 cm³/mol. The van der Waals surface area contributed by atoms with E-state index >= 15 is 0 Å². The van der Waals surface area contributed by atoms with Crippen molar-refractivity contribution < 1.29 is 17.8 Å². The van der Waals surface area contributed by atoms with Crippen LogP contribution in [0.15, 0.2) is 0 Å². The van der Waals surface area contributed by atoms with Gasteiger partial charge in [0.2, 0.25) is 0 Å². The van der Waals surface area contributed by atoms with Crippen molar-refractivity contribution in [2.24, 2.45) is 5.92 Å². The molecule has 1 rings (SSSR count). The molecule has 0 bridgehead atoms. The van der Waals surface area contributed by atoms with E-state index in [1.54, 1.807) is 0 Å². The van der Waals surface area contributed by atoms with Crippen LogP contribution in [0.4, 0.5) is 0 Å². The van der Waals surface area contributed by atoms with Gasteiger partial charge in [0.1, 0.15) is 11.5 Å². The number of hydrogen-bond acceptors (Lipinski definition) is 4. The fourth-order valence-corrected chi connectivity index (χ4v) is 4.64. The van der Waals surface area contributed by atoms with Gasteiger partial charge in [0.05, 0.1) is 10.1 Å². The second-order valence-corrected chi connectivity index (χ2v) is 8.96. The van der Waals surface area contributed by atoms with Gasteiger partial charge >= 0.3 is 0 Å². The molecule has 19 heavy (non-hydrogen) atoms. The zero-order chi connectivity index (χ0) is 14.9. The van der Waals surface area contributed by atoms with Crippen molar-refractivity contribution in [3.05, 3.63) is 0 Å². The van der Waals surface area contributed by atoms with Crippen LogP contribution in [-0.2, 0) is 25.8 Å². The number of carbonyl (C=O) groups excluding carboxylic acids is 1. The molecule has 1 heterocycles. The second-order valence-electron chi connectivity index (χ2n) is 5.11. The van der Waals surface area contributed by atoms with E-state index in [-0.39, 0.29) is 11.7 Å². The summed E-state index contributed by atoms with van der Waals surface area (Å²) in [4.78, 5) is 11.3. The molecule has 0 spiro atoms. The largest absolute Gasteiger partial charge is 0.748 e. The van der Waals surface area contributed by atoms with Crippen molar-refractivity contribution in [3.63, 3.8) is 0 Å². The van der Waals surface area contributed by atoms with E-state index < -0.39 is 10.1 Å². The van der Waals surface area contributed by atoms with Crippen LogP contribution < -0.4 is 0 Å². The summed E-state index contributed by atoms with van der Waals surface area (Å²) in [5.41, 5.74) is 0. The summed E-state index contributed by atoms with van der Waals surface area (Å²) in [7, 11) is -3.46. The first-order valence-corrected chi connectivity index (χ1v) is 10.2. The minimum atomic E-state index is -3.94. The number of unbranched alkanes of at least 4 members (excludes halogenated alkanes) is 1. The van der Waals surface area contributed by atoms with Crippen molar-refractivity contribution in [1.82, 2.24) is 0 Å². The summed E-state index contributed by atoms with van der Waals surface area (Å²) in [5.74, 6) is 4.01. The van der Waals surface area contributed by atoms with Crippen LogP contribution in [0.1, 0.15) is 46.5 Å². The van der Waals surface area contributed by atoms with E-state index in [1.165, 1.54) is 24.3 Å². The fourth-order valence-electron chi connectivity index (χ4n) is 1.55. The summed E-state index contributed by atoms with van der Waals surface area (Å²) in [6.07, 6.45) is 3.94. The topological polar surface area (TPSA) is 74.3 Å². The van der Waals surface area contributed by atoms with Gasteiger partial charge in [-0.05, 0) is 30.2 Å². The zero-order valence-electron chi connectivity index (χ0n) is 12.2. The molecule has 0 amide bonds. The molecule has 0 unspecified atom stereocenters. The zero-order valence-corrected chi connectivity index (χ0v) is 13.8. The normalized spacial score (nSPS) is 16.3. The van der Waals surface area contributed by atoms with E-state index in [4.69, 9.17) is 0 Å². The number of rotatable bonds is 6. The summed E-state index contributed by atoms with van der Waals surface area (Å²) in [6, 6.07) is 0. The van der Waals surface area contributed by atoms with Gasteiger partial charge < -0.3 is 4.55 Å². The SMILES string of the molecule is CC(C)C(=O)C[S+]1CCCC1.CCCCS(=O)(=O)[O-]. The van der Waals surface area contributed by atoms with Gasteiger partial charge in [0.15, 0.2) is 11.5 Å². The Bertz CT molecular complexity index is 344. The summed E-state index contributed by atoms with van der Waals surface area (Å²) in [6.45, 7) is 5.84. The average molecular weight is 310 g/mol. The van der Waals surface area contributed by atoms with Crippen LogP contribution in [0, 0.1) is 5.92 Å². The standard InChI is InChI=1S/C9H17OS.C4H10O3S/c1-8(2)9(10)7-11-5-3-4-6-11;1-2-3-4-8(5,6)7/h8H,3-7H2,1-2H3;2-4H2,1H3,(H,5,6,7)/q+1;/p-1. The minimum Gasteiger partial charge on any atom is -0.748 e. The van der Waals surface area contributed by atoms with Crippen LogP contribution in [0.2, 0.25) is 0 Å². The molecule has 0 radical (unpaired) electrons. The molecule has 0 saturated carbocycles. The van der Waals surface area contributed by atoms with E-state index in [1.807, 2.05) is 20.8 Å². The number of hydrogen-bond donors (Lipinski definition) is 0. The molecule has 1 aliphatic rings. The number of carbonyl (C=O) groups is 1. The van der Waals surface area contributed by atoms with Gasteiger partial charge in [-0.3, -0.25) is 4.79 Å². The lowest BCUT2D eigenvalue weighted by atomic mass is 10.1. The van der Waals surface area contributed by atoms with E-state index in [0.29, 0.717) is 23.1 Å². The summed E-state index contributed by atoms with van der Waals surface area (Å²) in [5, 5.41) is 0. The van der Waals surface area contributed by atoms with Crippen molar-refractivity contribution in [1.29, 1.82) is 0 Å². The highest BCUT2D eigenvalue weighted by atomic mass is 32.2. The van der Waals surface area contributed by atoms with Crippen LogP contribution >= 0.6 is 0 Å². The highest BCUT2D eigenvalue weighted by Gasteiger charge is 2.27. The molecule has 1 fully saturated rings. The lowest BCUT2D eigenvalue weighted by Crippen LogP contribution is -2.21. The minimum absolute atomic E-state index is 0.219. The Balaban J connectivity index is 0.000000362. The Morgan fingerprint density at radius 3 is 2.11 bits per heavy atom. The Labute approximate surface area is 120 Å². The molecule has 0 atom stereocenters. The Morgan fingerprint density at radius 1 is 1.26 bits per heavy atom. The van der Waals surface area contributed by atoms with Gasteiger partial charge in [-0.25, -0.2) is 8.42 Å². The van der Waals surface area contributed by atoms with Crippen molar-refractivity contribution in [3.8, 4) is 0 Å². The molecular weight excluding hydrogens is 284 g/mol. The fraction of sp³-hybridized carbons (Fsp3) is 0.923. The predicted octanol–water partition coefficient (Wildman–Crippen LogP) is 1.96. The Hall–Kier alpha value is -0.0700. The molecule has 0 aromatic heterocycles. The van der Waals surface area contributed by atoms with E-state index in [9.17, 15) is 17.8 Å². The highest BCUT2D eigenvalue weighted by molar-refractivity contribution is 7.97. The quantitative estimate of drug-likeness (QED) is 0.555. The van der Waals surface area contributed by atoms with Crippen molar-refractivity contribution in [2.75, 3.05) is 23.0 Å². The first kappa shape index (κ1) is 18.9. The third-order valence-electron chi connectivity index (χ3n) is 2.85. The maximum absolute atomic E-state index is 11.3. The Morgan fingerprint density at radius 2 is 1.79 bits per heavy atom. The van der Waals surface area contributed by atoms with Crippen molar-refractivity contribution in [2.45, 2.75) is 46.5 Å². The smallest absolute Gasteiger partial charge is 0.184 e. The molecule has 6 heteroatoms. The van der Waals surface area contributed by atoms with Crippen LogP contribution in [0.5, 0.6) is 0 Å². The third-order valence-corrected chi connectivity index (χ3v) is 6.07. The summed E-state index contributed by atoms with van der Waals surface area (Å²) >= 11 is 0. The lowest BCUT2D eigenvalue weighted by molar-refractivity contribution is -0.119. The van der Waals surface area contributed by atoms with Gasteiger partial charge in [-0.1, -0.05) is 27.2 Å². The maximum atomic E-state index is 11.3. The Kier molecular flexibility index (Phi) is 9.74. The molecule has 1 saturated heterocycles. The third kappa shape index (κ3) is 11.5. The van der Waals surface area contributed by atoms with Crippen molar-refractivity contribution >= 4 is 26.8 Å². The first-order chi connectivity index (χ1) is 8.76. The summed E-state index contributed by atoms with van der Waals surface area (Å²) < 4.78 is 29.5. The van der Waals surface area contributed by atoms with Crippen LogP contribution in [0.25, 0.3) is 0 Å². The van der Waals surface area contributed by atoms with Crippen LogP contribution in [-0.4, -0.2) is 41.8 Å². The first-order valence-electron chi connectivity index (χ1n) is 6.86. The average Bonchev–Trinajstić information content (AvgIpc) is 2.79. The second kappa shape index (κ2) is 9.77. The van der Waals surface area contributed by atoms with Gasteiger partial charge in [0.25, 0.3) is 0 Å². The molecule has 0 aliphatic carbocycles. The number of ketones is 1. The highest BCUT2D eigenvalue weighted by Crippen LogP contribution is 2.14. The van der Waals surface area contributed by atoms with Gasteiger partial charge in [0, 0.05) is 11.7 Å². The molecular formula is C13H26O4S2. The maximum Gasteiger partial charge on any atom is 0.184 e. The molecule has 0 aromatic rings. The van der Waals surface area contributed by atoms with Crippen LogP contribution in [0.3, 0.4) is 0 Å². The molecule has 114 valence electrons. The number of Topliss-reactive ketones (excluding diaryl/α,β-unsaturated/α-hetero) is 1. The molecule has 0 aromatic carbocycles. The molecule has 4 nitrogen and oxygen atoms in total. The molecule has 0 N–H and O–H groups in total. The van der Waals surface area contributed by atoms with Gasteiger partial charge in [-0.15, -0.1) is 0 Å². The van der Waals surface area contributed by atoms with E-state index in [2.05, 4.69) is 0 Å². The molecule has 1 aliphatic heterocycles. The van der Waals surface area contributed by atoms with E-state index in [0.717, 1.165) is 12.2 Å². The van der Waals surface area contributed by atoms with Gasteiger partial charge in [-0.2, -0.15) is 0 Å².